The van der Waals surface area contributed by atoms with E-state index in [2.05, 4.69) is 21.3 Å². The number of phenols is 1. The fourth-order valence-electron chi connectivity index (χ4n) is 4.88. The predicted molar refractivity (Wildman–Crippen MR) is 159 cm³/mol. The number of halogens is 2. The molecule has 43 heavy (non-hydrogen) atoms. The molecule has 0 unspecified atom stereocenters. The number of benzene rings is 2. The summed E-state index contributed by atoms with van der Waals surface area (Å²) in [7, 11) is 3.58. The number of aromatic hydroxyl groups is 1. The zero-order chi connectivity index (χ0) is 31.7. The van der Waals surface area contributed by atoms with Crippen LogP contribution < -0.4 is 26.0 Å². The molecule has 12 heteroatoms. The van der Waals surface area contributed by atoms with E-state index in [9.17, 15) is 28.3 Å². The van der Waals surface area contributed by atoms with E-state index in [4.69, 9.17) is 4.74 Å². The van der Waals surface area contributed by atoms with Gasteiger partial charge in [0.25, 0.3) is 0 Å². The number of aryl methyl sites for hydroxylation is 1. The van der Waals surface area contributed by atoms with Crippen LogP contribution >= 0.6 is 0 Å². The van der Waals surface area contributed by atoms with Gasteiger partial charge in [-0.15, -0.1) is 0 Å². The molecule has 0 aliphatic carbocycles. The second-order valence-electron chi connectivity index (χ2n) is 11.6. The van der Waals surface area contributed by atoms with Gasteiger partial charge in [0.15, 0.2) is 17.4 Å². The number of carbonyl (C=O) groups is 3. The van der Waals surface area contributed by atoms with E-state index in [1.807, 2.05) is 31.2 Å². The van der Waals surface area contributed by atoms with E-state index in [-0.39, 0.29) is 43.0 Å². The molecule has 0 fully saturated rings. The highest BCUT2D eigenvalue weighted by Gasteiger charge is 2.32. The number of likely N-dealkylation sites (N-methyl/N-ethyl adjacent to an activating group) is 1. The number of rotatable bonds is 5. The summed E-state index contributed by atoms with van der Waals surface area (Å²) in [6.45, 7) is 6.16. The zero-order valence-corrected chi connectivity index (χ0v) is 25.4. The molecule has 1 aliphatic rings. The molecule has 3 amide bonds. The van der Waals surface area contributed by atoms with Gasteiger partial charge in [-0.05, 0) is 75.5 Å². The Hall–Kier alpha value is -3.77. The first-order valence-corrected chi connectivity index (χ1v) is 14.5. The van der Waals surface area contributed by atoms with Crippen LogP contribution in [-0.2, 0) is 27.2 Å². The number of hydrogen-bond acceptors (Lipinski definition) is 7. The van der Waals surface area contributed by atoms with Gasteiger partial charge in [0, 0.05) is 19.1 Å². The van der Waals surface area contributed by atoms with Gasteiger partial charge in [0.1, 0.15) is 24.4 Å². The molecule has 236 valence electrons. The van der Waals surface area contributed by atoms with Crippen molar-refractivity contribution < 1.29 is 33.0 Å². The molecule has 1 heterocycles. The minimum atomic E-state index is -1.15. The van der Waals surface area contributed by atoms with Crippen molar-refractivity contribution >= 4 is 17.7 Å². The maximum Gasteiger partial charge on any atom is 0.243 e. The van der Waals surface area contributed by atoms with Crippen LogP contribution in [0.15, 0.2) is 36.4 Å². The number of nitrogens with zero attached hydrogens (tertiary/aromatic N) is 1. The molecule has 0 saturated heterocycles. The van der Waals surface area contributed by atoms with E-state index in [0.717, 1.165) is 17.7 Å². The molecular formula is C31H43F2N5O5. The van der Waals surface area contributed by atoms with Crippen molar-refractivity contribution in [3.63, 3.8) is 0 Å². The fraction of sp³-hybridized carbons (Fsp3) is 0.516. The Morgan fingerprint density at radius 1 is 1.00 bits per heavy atom. The van der Waals surface area contributed by atoms with Gasteiger partial charge in [-0.25, -0.2) is 8.78 Å². The molecule has 5 N–H and O–H groups in total. The Morgan fingerprint density at radius 2 is 1.67 bits per heavy atom. The average Bonchev–Trinajstić information content (AvgIpc) is 2.94. The Morgan fingerprint density at radius 3 is 2.33 bits per heavy atom. The molecular weight excluding hydrogens is 560 g/mol. The highest BCUT2D eigenvalue weighted by atomic mass is 19.1. The number of phenolic OH excluding ortho intramolecular Hbond substituents is 1. The van der Waals surface area contributed by atoms with Gasteiger partial charge in [0.05, 0.1) is 6.04 Å². The summed E-state index contributed by atoms with van der Waals surface area (Å²) in [6, 6.07) is 6.21. The van der Waals surface area contributed by atoms with Crippen LogP contribution in [0.25, 0.3) is 0 Å². The molecule has 10 nitrogen and oxygen atoms in total. The van der Waals surface area contributed by atoms with Crippen molar-refractivity contribution in [1.82, 2.24) is 26.2 Å². The van der Waals surface area contributed by atoms with Crippen LogP contribution in [-0.4, -0.2) is 85.7 Å². The van der Waals surface area contributed by atoms with Crippen LogP contribution in [0.3, 0.4) is 0 Å². The predicted octanol–water partition coefficient (Wildman–Crippen LogP) is 1.89. The minimum Gasteiger partial charge on any atom is -0.503 e. The van der Waals surface area contributed by atoms with Gasteiger partial charge in [-0.2, -0.15) is 0 Å². The maximum atomic E-state index is 14.1. The van der Waals surface area contributed by atoms with Gasteiger partial charge in [0.2, 0.25) is 17.7 Å². The Kier molecular flexibility index (Phi) is 12.3. The van der Waals surface area contributed by atoms with E-state index in [1.54, 1.807) is 32.8 Å². The van der Waals surface area contributed by atoms with E-state index in [1.165, 1.54) is 0 Å². The number of carbonyl (C=O) groups excluding carboxylic acids is 3. The molecule has 2 aromatic rings. The lowest BCUT2D eigenvalue weighted by molar-refractivity contribution is -0.133. The fourth-order valence-corrected chi connectivity index (χ4v) is 4.88. The standard InChI is InChI=1S/C31H43F2N5O5/c1-18(2)27-31(42)36-25(16-38(4)5)29(40)34-12-8-10-21-9-6-7-11-26(21)43-17-19(3)35-24(30(41)37-27)15-20-13-22(32)28(39)23(33)14-20/h6-7,9,11,13-14,18-19,24-25,27,35,39H,8,10,12,15-17H2,1-5H3,(H,34,40)(H,36,42)(H,37,41)/t19-,24+,25-,27+/m0/s1. The third-order valence-corrected chi connectivity index (χ3v) is 7.13. The number of amides is 3. The van der Waals surface area contributed by atoms with Crippen molar-refractivity contribution in [3.05, 3.63) is 59.2 Å². The lowest BCUT2D eigenvalue weighted by Gasteiger charge is -2.29. The maximum absolute atomic E-state index is 14.1. The van der Waals surface area contributed by atoms with E-state index in [0.29, 0.717) is 25.1 Å². The second kappa shape index (κ2) is 15.6. The third kappa shape index (κ3) is 9.89. The van der Waals surface area contributed by atoms with Gasteiger partial charge >= 0.3 is 0 Å². The summed E-state index contributed by atoms with van der Waals surface area (Å²) in [5.74, 6) is -4.52. The van der Waals surface area contributed by atoms with Crippen molar-refractivity contribution in [2.75, 3.05) is 33.8 Å². The number of ether oxygens (including phenoxy) is 1. The summed E-state index contributed by atoms with van der Waals surface area (Å²) in [5, 5.41) is 21.2. The summed E-state index contributed by atoms with van der Waals surface area (Å²) in [6.07, 6.45) is 1.15. The Balaban J connectivity index is 1.95. The second-order valence-corrected chi connectivity index (χ2v) is 11.6. The lowest BCUT2D eigenvalue weighted by atomic mass is 10.00. The molecule has 0 radical (unpaired) electrons. The molecule has 4 atom stereocenters. The Bertz CT molecular complexity index is 1250. The van der Waals surface area contributed by atoms with Crippen LogP contribution in [0.2, 0.25) is 0 Å². The molecule has 0 bridgehead atoms. The van der Waals surface area contributed by atoms with Crippen molar-refractivity contribution in [2.45, 2.75) is 64.2 Å². The van der Waals surface area contributed by atoms with Gasteiger partial charge in [-0.3, -0.25) is 19.7 Å². The molecule has 1 aliphatic heterocycles. The molecule has 0 saturated carbocycles. The van der Waals surface area contributed by atoms with Gasteiger partial charge < -0.3 is 30.7 Å². The molecule has 0 aromatic heterocycles. The van der Waals surface area contributed by atoms with Crippen LogP contribution in [0, 0.1) is 17.6 Å². The van der Waals surface area contributed by atoms with E-state index < -0.39 is 47.3 Å². The van der Waals surface area contributed by atoms with Crippen LogP contribution in [0.1, 0.15) is 38.3 Å². The topological polar surface area (TPSA) is 132 Å². The van der Waals surface area contributed by atoms with E-state index >= 15 is 0 Å². The van der Waals surface area contributed by atoms with Crippen molar-refractivity contribution in [1.29, 1.82) is 0 Å². The molecule has 2 aromatic carbocycles. The monoisotopic (exact) mass is 603 g/mol. The highest BCUT2D eigenvalue weighted by molar-refractivity contribution is 5.93. The minimum absolute atomic E-state index is 0.134. The normalized spacial score (nSPS) is 23.0. The quantitative estimate of drug-likeness (QED) is 0.353. The van der Waals surface area contributed by atoms with Crippen molar-refractivity contribution in [2.24, 2.45) is 5.92 Å². The summed E-state index contributed by atoms with van der Waals surface area (Å²) in [4.78, 5) is 42.0. The SMILES string of the molecule is CC(C)[C@H]1NC(=O)[C@@H](Cc2cc(F)c(O)c(F)c2)N[C@@H](C)COc2ccccc2CCCNC(=O)[C@H](CN(C)C)NC1=O. The van der Waals surface area contributed by atoms with Crippen molar-refractivity contribution in [3.8, 4) is 11.5 Å². The molecule has 3 rings (SSSR count). The third-order valence-electron chi connectivity index (χ3n) is 7.13. The molecule has 0 spiro atoms. The summed E-state index contributed by atoms with van der Waals surface area (Å²) >= 11 is 0. The number of para-hydroxylation sites is 1. The summed E-state index contributed by atoms with van der Waals surface area (Å²) < 4.78 is 34.4. The highest BCUT2D eigenvalue weighted by Crippen LogP contribution is 2.23. The zero-order valence-electron chi connectivity index (χ0n) is 25.4. The lowest BCUT2D eigenvalue weighted by Crippen LogP contribution is -2.60. The first-order valence-electron chi connectivity index (χ1n) is 14.5. The first-order chi connectivity index (χ1) is 20.3. The number of nitrogens with one attached hydrogen (secondary N) is 4. The van der Waals surface area contributed by atoms with Gasteiger partial charge in [-0.1, -0.05) is 32.0 Å². The first kappa shape index (κ1) is 33.7. The smallest absolute Gasteiger partial charge is 0.243 e. The Labute approximate surface area is 251 Å². The van der Waals surface area contributed by atoms with Crippen LogP contribution in [0.5, 0.6) is 11.5 Å². The largest absolute Gasteiger partial charge is 0.503 e. The van der Waals surface area contributed by atoms with Crippen LogP contribution in [0.4, 0.5) is 8.78 Å². The average molecular weight is 604 g/mol. The number of hydrogen-bond donors (Lipinski definition) is 5. The number of fused-ring (bicyclic) bond motifs is 1. The summed E-state index contributed by atoms with van der Waals surface area (Å²) in [5.41, 5.74) is 1.08.